The summed E-state index contributed by atoms with van der Waals surface area (Å²) in [7, 11) is 0. The van der Waals surface area contributed by atoms with Gasteiger partial charge < -0.3 is 10.1 Å². The molecule has 0 saturated heterocycles. The van der Waals surface area contributed by atoms with Crippen LogP contribution < -0.4 is 10.1 Å². The van der Waals surface area contributed by atoms with Gasteiger partial charge in [0.2, 0.25) is 5.91 Å². The van der Waals surface area contributed by atoms with Crippen molar-refractivity contribution in [3.05, 3.63) is 60.0 Å². The number of carbonyl (C=O) groups is 1. The minimum Gasteiger partial charge on any atom is -0.424 e. The van der Waals surface area contributed by atoms with Gasteiger partial charge in [-0.05, 0) is 44.5 Å². The summed E-state index contributed by atoms with van der Waals surface area (Å²) in [6.07, 6.45) is 5.47. The molecule has 4 rings (SSSR count). The number of benzene rings is 1. The van der Waals surface area contributed by atoms with Crippen LogP contribution in [-0.4, -0.2) is 25.7 Å². The molecule has 1 aromatic carbocycles. The minimum absolute atomic E-state index is 0.0174. The van der Waals surface area contributed by atoms with E-state index < -0.39 is 0 Å². The lowest BCUT2D eigenvalue weighted by molar-refractivity contribution is -0.116. The number of rotatable bonds is 3. The number of aromatic nitrogens is 4. The Morgan fingerprint density at radius 2 is 1.96 bits per heavy atom. The molecule has 2 aromatic heterocycles. The second-order valence-electron chi connectivity index (χ2n) is 7.54. The molecule has 1 atom stereocenters. The normalized spacial score (nSPS) is 16.6. The Balaban J connectivity index is 1.69. The van der Waals surface area contributed by atoms with Crippen molar-refractivity contribution < 1.29 is 9.53 Å². The molecule has 0 bridgehead atoms. The predicted molar refractivity (Wildman–Crippen MR) is 101 cm³/mol. The van der Waals surface area contributed by atoms with E-state index in [2.05, 4.69) is 41.2 Å². The average Bonchev–Trinajstić information content (AvgIpc) is 3.06. The molecule has 1 amide bonds. The summed E-state index contributed by atoms with van der Waals surface area (Å²) in [4.78, 5) is 20.5. The van der Waals surface area contributed by atoms with Crippen molar-refractivity contribution in [2.24, 2.45) is 0 Å². The fourth-order valence-electron chi connectivity index (χ4n) is 3.26. The molecule has 0 fully saturated rings. The minimum atomic E-state index is -0.224. The molecule has 7 heteroatoms. The summed E-state index contributed by atoms with van der Waals surface area (Å²) < 4.78 is 7.61. The van der Waals surface area contributed by atoms with Crippen LogP contribution in [0.5, 0.6) is 11.8 Å². The van der Waals surface area contributed by atoms with Gasteiger partial charge >= 0.3 is 6.01 Å². The zero-order valence-corrected chi connectivity index (χ0v) is 15.5. The van der Waals surface area contributed by atoms with Gasteiger partial charge in [-0.2, -0.15) is 5.10 Å². The summed E-state index contributed by atoms with van der Waals surface area (Å²) >= 11 is 0. The third-order valence-corrected chi connectivity index (χ3v) is 4.47. The van der Waals surface area contributed by atoms with E-state index in [4.69, 9.17) is 4.74 Å². The van der Waals surface area contributed by atoms with E-state index in [1.165, 1.54) is 0 Å². The number of hydrogen-bond donors (Lipinski definition) is 1. The summed E-state index contributed by atoms with van der Waals surface area (Å²) in [5, 5.41) is 7.50. The summed E-state index contributed by atoms with van der Waals surface area (Å²) in [6.45, 7) is 6.18. The zero-order chi connectivity index (χ0) is 19.0. The van der Waals surface area contributed by atoms with Gasteiger partial charge in [-0.25, -0.2) is 14.6 Å². The van der Waals surface area contributed by atoms with Gasteiger partial charge in [0.05, 0.1) is 11.7 Å². The number of nitrogens with one attached hydrogen (secondary N) is 1. The fourth-order valence-corrected chi connectivity index (χ4v) is 3.26. The monoisotopic (exact) mass is 363 g/mol. The zero-order valence-electron chi connectivity index (χ0n) is 15.5. The van der Waals surface area contributed by atoms with Gasteiger partial charge in [0.15, 0.2) is 0 Å². The van der Waals surface area contributed by atoms with E-state index in [9.17, 15) is 4.79 Å². The first-order valence-electron chi connectivity index (χ1n) is 8.85. The number of amides is 1. The molecule has 3 aromatic rings. The van der Waals surface area contributed by atoms with Crippen LogP contribution in [0.2, 0.25) is 0 Å². The number of anilines is 1. The maximum atomic E-state index is 12.4. The third-order valence-electron chi connectivity index (χ3n) is 4.47. The van der Waals surface area contributed by atoms with E-state index in [0.29, 0.717) is 12.2 Å². The van der Waals surface area contributed by atoms with E-state index in [1.807, 2.05) is 35.1 Å². The number of fused-ring (bicyclic) bond motifs is 1. The molecule has 1 N–H and O–H groups in total. The maximum absolute atomic E-state index is 12.4. The van der Waals surface area contributed by atoms with Crippen molar-refractivity contribution >= 4 is 11.7 Å². The second kappa shape index (κ2) is 6.50. The van der Waals surface area contributed by atoms with E-state index >= 15 is 0 Å². The van der Waals surface area contributed by atoms with Gasteiger partial charge in [0.1, 0.15) is 11.6 Å². The molecular weight excluding hydrogens is 342 g/mol. The number of ether oxygens (including phenoxy) is 1. The fraction of sp³-hybridized carbons (Fsp3) is 0.300. The molecule has 1 aliphatic rings. The van der Waals surface area contributed by atoms with Crippen molar-refractivity contribution in [3.8, 4) is 11.8 Å². The SMILES string of the molecule is CC(C)(C)n1ncc2c1NC(=O)CC2c1cccc(Oc2ncccn2)c1. The Morgan fingerprint density at radius 1 is 1.19 bits per heavy atom. The summed E-state index contributed by atoms with van der Waals surface area (Å²) in [6, 6.07) is 9.71. The van der Waals surface area contributed by atoms with Crippen LogP contribution in [0.25, 0.3) is 0 Å². The van der Waals surface area contributed by atoms with E-state index in [1.54, 1.807) is 18.5 Å². The lowest BCUT2D eigenvalue weighted by Crippen LogP contribution is -2.30. The molecule has 1 unspecified atom stereocenters. The number of nitrogens with zero attached hydrogens (tertiary/aromatic N) is 4. The molecule has 27 heavy (non-hydrogen) atoms. The molecule has 0 aliphatic carbocycles. The van der Waals surface area contributed by atoms with Crippen LogP contribution in [0.1, 0.15) is 44.2 Å². The largest absolute Gasteiger partial charge is 0.424 e. The van der Waals surface area contributed by atoms with Crippen LogP contribution >= 0.6 is 0 Å². The topological polar surface area (TPSA) is 81.9 Å². The Morgan fingerprint density at radius 3 is 2.70 bits per heavy atom. The Bertz CT molecular complexity index is 976. The van der Waals surface area contributed by atoms with Gasteiger partial charge in [-0.3, -0.25) is 4.79 Å². The number of hydrogen-bond acceptors (Lipinski definition) is 5. The van der Waals surface area contributed by atoms with E-state index in [-0.39, 0.29) is 23.4 Å². The average molecular weight is 363 g/mol. The molecule has 0 spiro atoms. The van der Waals surface area contributed by atoms with Crippen molar-refractivity contribution in [3.63, 3.8) is 0 Å². The highest BCUT2D eigenvalue weighted by Crippen LogP contribution is 2.39. The quantitative estimate of drug-likeness (QED) is 0.767. The maximum Gasteiger partial charge on any atom is 0.321 e. The van der Waals surface area contributed by atoms with Crippen molar-refractivity contribution in [1.82, 2.24) is 19.7 Å². The molecule has 1 aliphatic heterocycles. The second-order valence-corrected chi connectivity index (χ2v) is 7.54. The summed E-state index contributed by atoms with van der Waals surface area (Å²) in [5.74, 6) is 1.30. The van der Waals surface area contributed by atoms with Crippen LogP contribution in [-0.2, 0) is 10.3 Å². The van der Waals surface area contributed by atoms with Crippen LogP contribution in [0.3, 0.4) is 0 Å². The molecular formula is C20H21N5O2. The van der Waals surface area contributed by atoms with Crippen molar-refractivity contribution in [2.45, 2.75) is 38.6 Å². The van der Waals surface area contributed by atoms with Crippen LogP contribution in [0, 0.1) is 0 Å². The smallest absolute Gasteiger partial charge is 0.321 e. The number of carbonyl (C=O) groups excluding carboxylic acids is 1. The molecule has 138 valence electrons. The van der Waals surface area contributed by atoms with Gasteiger partial charge in [0, 0.05) is 30.3 Å². The first-order valence-corrected chi connectivity index (χ1v) is 8.85. The molecule has 0 saturated carbocycles. The first-order chi connectivity index (χ1) is 12.9. The third kappa shape index (κ3) is 3.40. The lowest BCUT2D eigenvalue weighted by Gasteiger charge is -2.28. The Kier molecular flexibility index (Phi) is 4.14. The van der Waals surface area contributed by atoms with Gasteiger partial charge in [0.25, 0.3) is 0 Å². The first kappa shape index (κ1) is 17.2. The highest BCUT2D eigenvalue weighted by molar-refractivity contribution is 5.94. The standard InChI is InChI=1S/C20H21N5O2/c1-20(2,3)25-18-16(12-23-25)15(11-17(26)24-18)13-6-4-7-14(10-13)27-19-21-8-5-9-22-19/h4-10,12,15H,11H2,1-3H3,(H,24,26). The predicted octanol–water partition coefficient (Wildman–Crippen LogP) is 3.69. The summed E-state index contributed by atoms with van der Waals surface area (Å²) in [5.41, 5.74) is 1.78. The van der Waals surface area contributed by atoms with Crippen molar-refractivity contribution in [1.29, 1.82) is 0 Å². The molecule has 3 heterocycles. The van der Waals surface area contributed by atoms with Crippen LogP contribution in [0.4, 0.5) is 5.82 Å². The highest BCUT2D eigenvalue weighted by Gasteiger charge is 2.32. The van der Waals surface area contributed by atoms with Crippen molar-refractivity contribution in [2.75, 3.05) is 5.32 Å². The Labute approximate surface area is 157 Å². The highest BCUT2D eigenvalue weighted by atomic mass is 16.5. The van der Waals surface area contributed by atoms with E-state index in [0.717, 1.165) is 16.9 Å². The Hall–Kier alpha value is -3.22. The molecule has 7 nitrogen and oxygen atoms in total. The van der Waals surface area contributed by atoms with Gasteiger partial charge in [-0.15, -0.1) is 0 Å². The van der Waals surface area contributed by atoms with Crippen LogP contribution in [0.15, 0.2) is 48.9 Å². The van der Waals surface area contributed by atoms with Gasteiger partial charge in [-0.1, -0.05) is 12.1 Å². The lowest BCUT2D eigenvalue weighted by atomic mass is 9.87. The molecule has 0 radical (unpaired) electrons.